The van der Waals surface area contributed by atoms with Crippen molar-refractivity contribution in [1.29, 1.82) is 0 Å². The Labute approximate surface area is 105 Å². The fourth-order valence-corrected chi connectivity index (χ4v) is 1.28. The lowest BCUT2D eigenvalue weighted by atomic mass is 10.2. The van der Waals surface area contributed by atoms with E-state index in [0.717, 1.165) is 18.2 Å². The van der Waals surface area contributed by atoms with Gasteiger partial charge in [-0.15, -0.1) is 0 Å². The number of carboxylic acid groups (broad SMARTS) is 1. The van der Waals surface area contributed by atoms with Gasteiger partial charge in [-0.3, -0.25) is 0 Å². The molecule has 0 aliphatic carbocycles. The molecule has 8 heteroatoms. The highest BCUT2D eigenvalue weighted by Gasteiger charge is 2.32. The molecule has 0 spiro atoms. The number of ether oxygens (including phenoxy) is 1. The zero-order valence-electron chi connectivity index (χ0n) is 9.46. The third-order valence-corrected chi connectivity index (χ3v) is 2.23. The smallest absolute Gasteiger partial charge is 0.416 e. The van der Waals surface area contributed by atoms with Crippen molar-refractivity contribution in [2.75, 3.05) is 6.61 Å². The quantitative estimate of drug-likeness (QED) is 0.745. The maximum absolute atomic E-state index is 12.4. The maximum Gasteiger partial charge on any atom is 0.416 e. The molecule has 19 heavy (non-hydrogen) atoms. The fraction of sp³-hybridized carbons (Fsp3) is 0.364. The summed E-state index contributed by atoms with van der Waals surface area (Å²) in [5.74, 6) is -1.94. The SMILES string of the molecule is O=C(O)C(O)C(CO)Oc1cccc(C(F)(F)F)c1. The molecule has 0 fully saturated rings. The molecule has 0 heterocycles. The Morgan fingerprint density at radius 1 is 1.37 bits per heavy atom. The van der Waals surface area contributed by atoms with Crippen molar-refractivity contribution in [2.24, 2.45) is 0 Å². The van der Waals surface area contributed by atoms with E-state index in [1.165, 1.54) is 0 Å². The molecule has 2 atom stereocenters. The number of aliphatic carboxylic acids is 1. The van der Waals surface area contributed by atoms with Gasteiger partial charge in [-0.2, -0.15) is 13.2 Å². The number of aliphatic hydroxyl groups excluding tert-OH is 2. The highest BCUT2D eigenvalue weighted by molar-refractivity contribution is 5.72. The molecule has 1 aromatic carbocycles. The van der Waals surface area contributed by atoms with Gasteiger partial charge in [0.05, 0.1) is 12.2 Å². The summed E-state index contributed by atoms with van der Waals surface area (Å²) in [5.41, 5.74) is -0.980. The molecule has 3 N–H and O–H groups in total. The first kappa shape index (κ1) is 15.3. The molecule has 0 aliphatic heterocycles. The van der Waals surface area contributed by atoms with Crippen LogP contribution in [0.5, 0.6) is 5.75 Å². The zero-order valence-corrected chi connectivity index (χ0v) is 9.46. The van der Waals surface area contributed by atoms with Crippen molar-refractivity contribution in [3.63, 3.8) is 0 Å². The number of carboxylic acids is 1. The second kappa shape index (κ2) is 5.89. The van der Waals surface area contributed by atoms with Crippen molar-refractivity contribution < 1.29 is 38.0 Å². The van der Waals surface area contributed by atoms with Crippen LogP contribution in [0.3, 0.4) is 0 Å². The van der Waals surface area contributed by atoms with E-state index >= 15 is 0 Å². The molecular formula is C11H11F3O5. The van der Waals surface area contributed by atoms with Crippen LogP contribution in [-0.4, -0.2) is 40.1 Å². The summed E-state index contributed by atoms with van der Waals surface area (Å²) >= 11 is 0. The Morgan fingerprint density at radius 3 is 2.47 bits per heavy atom. The van der Waals surface area contributed by atoms with Crippen LogP contribution in [-0.2, 0) is 11.0 Å². The number of alkyl halides is 3. The number of halogens is 3. The third kappa shape index (κ3) is 4.11. The van der Waals surface area contributed by atoms with Gasteiger partial charge in [0, 0.05) is 0 Å². The van der Waals surface area contributed by atoms with Crippen molar-refractivity contribution in [1.82, 2.24) is 0 Å². The van der Waals surface area contributed by atoms with E-state index in [9.17, 15) is 18.0 Å². The molecule has 2 unspecified atom stereocenters. The Kier molecular flexibility index (Phi) is 4.73. The number of aliphatic hydroxyl groups is 2. The first-order valence-electron chi connectivity index (χ1n) is 5.11. The lowest BCUT2D eigenvalue weighted by molar-refractivity contribution is -0.153. The summed E-state index contributed by atoms with van der Waals surface area (Å²) in [4.78, 5) is 10.5. The van der Waals surface area contributed by atoms with Crippen molar-refractivity contribution in [3.8, 4) is 5.75 Å². The topological polar surface area (TPSA) is 87.0 Å². The lowest BCUT2D eigenvalue weighted by Gasteiger charge is -2.20. The van der Waals surface area contributed by atoms with Crippen LogP contribution in [0.1, 0.15) is 5.56 Å². The van der Waals surface area contributed by atoms with E-state index < -0.39 is 36.5 Å². The Balaban J connectivity index is 2.89. The predicted octanol–water partition coefficient (Wildman–Crippen LogP) is 0.891. The Hall–Kier alpha value is -1.80. The van der Waals surface area contributed by atoms with Gasteiger partial charge >= 0.3 is 12.1 Å². The molecule has 1 rings (SSSR count). The normalized spacial score (nSPS) is 14.8. The van der Waals surface area contributed by atoms with Gasteiger partial charge in [-0.25, -0.2) is 4.79 Å². The van der Waals surface area contributed by atoms with Crippen molar-refractivity contribution in [2.45, 2.75) is 18.4 Å². The minimum absolute atomic E-state index is 0.297. The van der Waals surface area contributed by atoms with Gasteiger partial charge in [-0.1, -0.05) is 6.07 Å². The number of hydrogen-bond acceptors (Lipinski definition) is 4. The third-order valence-electron chi connectivity index (χ3n) is 2.23. The highest BCUT2D eigenvalue weighted by Crippen LogP contribution is 2.31. The molecule has 1 aromatic rings. The van der Waals surface area contributed by atoms with Crippen LogP contribution in [0.15, 0.2) is 24.3 Å². The van der Waals surface area contributed by atoms with Gasteiger partial charge in [0.15, 0.2) is 12.2 Å². The van der Waals surface area contributed by atoms with Gasteiger partial charge in [0.2, 0.25) is 0 Å². The average Bonchev–Trinajstić information content (AvgIpc) is 2.34. The molecule has 0 bridgehead atoms. The minimum atomic E-state index is -4.57. The molecule has 0 aromatic heterocycles. The fourth-order valence-electron chi connectivity index (χ4n) is 1.28. The first-order valence-corrected chi connectivity index (χ1v) is 5.11. The zero-order chi connectivity index (χ0) is 14.6. The van der Waals surface area contributed by atoms with Gasteiger partial charge in [0.25, 0.3) is 0 Å². The summed E-state index contributed by atoms with van der Waals surface area (Å²) in [6.07, 6.45) is -8.17. The Morgan fingerprint density at radius 2 is 2.00 bits per heavy atom. The van der Waals surface area contributed by atoms with Gasteiger partial charge < -0.3 is 20.1 Å². The highest BCUT2D eigenvalue weighted by atomic mass is 19.4. The second-order valence-corrected chi connectivity index (χ2v) is 3.65. The summed E-state index contributed by atoms with van der Waals surface area (Å²) < 4.78 is 42.1. The summed E-state index contributed by atoms with van der Waals surface area (Å²) in [6, 6.07) is 3.69. The number of carbonyl (C=O) groups is 1. The van der Waals surface area contributed by atoms with E-state index in [0.29, 0.717) is 6.07 Å². The van der Waals surface area contributed by atoms with Crippen molar-refractivity contribution in [3.05, 3.63) is 29.8 Å². The van der Waals surface area contributed by atoms with Crippen LogP contribution in [0.4, 0.5) is 13.2 Å². The Bertz CT molecular complexity index is 446. The molecule has 5 nitrogen and oxygen atoms in total. The second-order valence-electron chi connectivity index (χ2n) is 3.65. The van der Waals surface area contributed by atoms with Crippen molar-refractivity contribution >= 4 is 5.97 Å². The number of hydrogen-bond donors (Lipinski definition) is 3. The average molecular weight is 280 g/mol. The van der Waals surface area contributed by atoms with E-state index in [1.54, 1.807) is 0 Å². The molecule has 0 amide bonds. The predicted molar refractivity (Wildman–Crippen MR) is 56.6 cm³/mol. The molecule has 0 radical (unpaired) electrons. The maximum atomic E-state index is 12.4. The molecule has 0 aliphatic rings. The van der Waals surface area contributed by atoms with Crippen LogP contribution in [0.2, 0.25) is 0 Å². The minimum Gasteiger partial charge on any atom is -0.485 e. The molecule has 106 valence electrons. The van der Waals surface area contributed by atoms with Gasteiger partial charge in [0.1, 0.15) is 5.75 Å². The summed E-state index contributed by atoms with van der Waals surface area (Å²) in [6.45, 7) is -0.857. The van der Waals surface area contributed by atoms with E-state index in [-0.39, 0.29) is 5.75 Å². The van der Waals surface area contributed by atoms with E-state index in [4.69, 9.17) is 20.1 Å². The first-order chi connectivity index (χ1) is 8.75. The molecular weight excluding hydrogens is 269 g/mol. The van der Waals surface area contributed by atoms with Crippen LogP contribution >= 0.6 is 0 Å². The standard InChI is InChI=1S/C11H11F3O5/c12-11(13,14)6-2-1-3-7(4-6)19-8(5-15)9(16)10(17)18/h1-4,8-9,15-16H,5H2,(H,17,18). The largest absolute Gasteiger partial charge is 0.485 e. The van der Waals surface area contributed by atoms with Crippen LogP contribution < -0.4 is 4.74 Å². The number of benzene rings is 1. The molecule has 0 saturated carbocycles. The summed E-state index contributed by atoms with van der Waals surface area (Å²) in [5, 5.41) is 26.6. The molecule has 0 saturated heterocycles. The summed E-state index contributed by atoms with van der Waals surface area (Å²) in [7, 11) is 0. The lowest BCUT2D eigenvalue weighted by Crippen LogP contribution is -2.40. The van der Waals surface area contributed by atoms with Crippen LogP contribution in [0.25, 0.3) is 0 Å². The monoisotopic (exact) mass is 280 g/mol. The van der Waals surface area contributed by atoms with Gasteiger partial charge in [-0.05, 0) is 18.2 Å². The number of rotatable bonds is 5. The van der Waals surface area contributed by atoms with E-state index in [1.807, 2.05) is 0 Å². The van der Waals surface area contributed by atoms with Crippen LogP contribution in [0, 0.1) is 0 Å². The van der Waals surface area contributed by atoms with E-state index in [2.05, 4.69) is 0 Å².